The number of methoxy groups -OCH3 is 1. The second-order valence-corrected chi connectivity index (χ2v) is 7.91. The van der Waals surface area contributed by atoms with Gasteiger partial charge >= 0.3 is 0 Å². The van der Waals surface area contributed by atoms with E-state index in [2.05, 4.69) is 41.9 Å². The average molecular weight is 435 g/mol. The first kappa shape index (κ1) is 20.2. The molecule has 1 atom stereocenters. The van der Waals surface area contributed by atoms with Gasteiger partial charge in [0.1, 0.15) is 12.4 Å². The summed E-state index contributed by atoms with van der Waals surface area (Å²) in [5.41, 5.74) is 4.23. The van der Waals surface area contributed by atoms with Crippen LogP contribution in [-0.2, 0) is 13.0 Å². The predicted octanol–water partition coefficient (Wildman–Crippen LogP) is 1.83. The van der Waals surface area contributed by atoms with Gasteiger partial charge in [0.15, 0.2) is 5.69 Å². The maximum absolute atomic E-state index is 12.5. The van der Waals surface area contributed by atoms with E-state index in [1.54, 1.807) is 18.3 Å². The van der Waals surface area contributed by atoms with Gasteiger partial charge < -0.3 is 23.8 Å². The van der Waals surface area contributed by atoms with E-state index in [9.17, 15) is 4.79 Å². The van der Waals surface area contributed by atoms with Gasteiger partial charge in [-0.1, -0.05) is 5.16 Å². The summed E-state index contributed by atoms with van der Waals surface area (Å²) in [4.78, 5) is 29.7. The molecule has 1 unspecified atom stereocenters. The summed E-state index contributed by atoms with van der Waals surface area (Å²) in [7, 11) is 1.62. The fraction of sp³-hybridized carbons (Fsp3) is 0.409. The Hall–Kier alpha value is -3.69. The molecule has 0 N–H and O–H groups in total. The molecule has 5 rings (SSSR count). The number of fused-ring (bicyclic) bond motifs is 1. The zero-order valence-corrected chi connectivity index (χ0v) is 17.9. The van der Waals surface area contributed by atoms with E-state index in [4.69, 9.17) is 9.47 Å². The molecule has 1 fully saturated rings. The standard InChI is InChI=1S/C22H23N6O4/c1-14-9-15(10-23-20(14)30-2)27-7-4-18-17(12-27)21(25-13-24-18)32-16-3-6-28(11-16)22(29)19-5-8-31-26-19/h5,9-10,13,16H,3-4,6-7,11-12H2,1-2H3. The highest BCUT2D eigenvalue weighted by molar-refractivity contribution is 5.92. The number of hydrogen-bond acceptors (Lipinski definition) is 9. The lowest BCUT2D eigenvalue weighted by molar-refractivity contribution is 0.0760. The van der Waals surface area contributed by atoms with E-state index < -0.39 is 0 Å². The van der Waals surface area contributed by atoms with Gasteiger partial charge in [0.05, 0.1) is 43.3 Å². The summed E-state index contributed by atoms with van der Waals surface area (Å²) < 4.78 is 16.2. The van der Waals surface area contributed by atoms with Crippen molar-refractivity contribution in [1.29, 1.82) is 0 Å². The molecular weight excluding hydrogens is 412 g/mol. The number of aromatic nitrogens is 4. The number of carbonyl (C=O) groups is 1. The third kappa shape index (κ3) is 3.83. The molecule has 0 saturated carbocycles. The Balaban J connectivity index is 1.30. The molecule has 3 aromatic rings. The first-order valence-corrected chi connectivity index (χ1v) is 10.5. The largest absolute Gasteiger partial charge is 0.481 e. The van der Waals surface area contributed by atoms with Crippen LogP contribution in [0, 0.1) is 13.2 Å². The lowest BCUT2D eigenvalue weighted by Gasteiger charge is -2.31. The molecule has 165 valence electrons. The molecule has 10 nitrogen and oxygen atoms in total. The highest BCUT2D eigenvalue weighted by Crippen LogP contribution is 2.31. The van der Waals surface area contributed by atoms with Crippen LogP contribution in [0.25, 0.3) is 0 Å². The van der Waals surface area contributed by atoms with Crippen molar-refractivity contribution in [2.24, 2.45) is 0 Å². The number of hydrogen-bond donors (Lipinski definition) is 0. The molecule has 1 amide bonds. The molecule has 0 aliphatic carbocycles. The van der Waals surface area contributed by atoms with Crippen LogP contribution < -0.4 is 14.4 Å². The van der Waals surface area contributed by atoms with Crippen LogP contribution in [0.3, 0.4) is 0 Å². The van der Waals surface area contributed by atoms with Gasteiger partial charge in [-0.05, 0) is 13.0 Å². The van der Waals surface area contributed by atoms with Crippen molar-refractivity contribution in [1.82, 2.24) is 25.0 Å². The lowest BCUT2D eigenvalue weighted by Crippen LogP contribution is -2.33. The molecule has 5 heterocycles. The second kappa shape index (κ2) is 8.45. The highest BCUT2D eigenvalue weighted by Gasteiger charge is 2.31. The van der Waals surface area contributed by atoms with Crippen molar-refractivity contribution in [2.45, 2.75) is 32.4 Å². The fourth-order valence-corrected chi connectivity index (χ4v) is 4.18. The average Bonchev–Trinajstić information content (AvgIpc) is 3.51. The van der Waals surface area contributed by atoms with E-state index in [1.165, 1.54) is 6.07 Å². The Morgan fingerprint density at radius 3 is 2.94 bits per heavy atom. The van der Waals surface area contributed by atoms with Crippen molar-refractivity contribution in [3.8, 4) is 11.8 Å². The Morgan fingerprint density at radius 1 is 1.25 bits per heavy atom. The minimum atomic E-state index is -0.181. The number of anilines is 1. The Morgan fingerprint density at radius 2 is 2.16 bits per heavy atom. The minimum Gasteiger partial charge on any atom is -0.481 e. The van der Waals surface area contributed by atoms with Crippen molar-refractivity contribution >= 4 is 11.6 Å². The zero-order valence-electron chi connectivity index (χ0n) is 17.9. The monoisotopic (exact) mass is 435 g/mol. The molecule has 0 bridgehead atoms. The number of ether oxygens (including phenoxy) is 2. The van der Waals surface area contributed by atoms with E-state index in [1.807, 2.05) is 13.1 Å². The van der Waals surface area contributed by atoms with Crippen LogP contribution in [-0.4, -0.2) is 63.8 Å². The van der Waals surface area contributed by atoms with Crippen LogP contribution in [0.4, 0.5) is 5.69 Å². The van der Waals surface area contributed by atoms with Gasteiger partial charge in [-0.25, -0.2) is 15.0 Å². The number of aryl methyl sites for hydroxylation is 1. The number of carbonyl (C=O) groups excluding carboxylic acids is 1. The number of rotatable bonds is 5. The third-order valence-electron chi connectivity index (χ3n) is 5.86. The van der Waals surface area contributed by atoms with E-state index >= 15 is 0 Å². The number of nitrogens with zero attached hydrogens (tertiary/aromatic N) is 6. The molecule has 1 radical (unpaired) electrons. The van der Waals surface area contributed by atoms with Crippen LogP contribution >= 0.6 is 0 Å². The molecule has 10 heteroatoms. The number of amides is 1. The quantitative estimate of drug-likeness (QED) is 0.593. The minimum absolute atomic E-state index is 0.144. The molecule has 32 heavy (non-hydrogen) atoms. The topological polar surface area (TPSA) is 107 Å². The van der Waals surface area contributed by atoms with Gasteiger partial charge in [-0.3, -0.25) is 4.79 Å². The lowest BCUT2D eigenvalue weighted by atomic mass is 10.1. The molecular formula is C22H23N6O4. The normalized spacial score (nSPS) is 17.9. The van der Waals surface area contributed by atoms with E-state index in [0.29, 0.717) is 31.4 Å². The van der Waals surface area contributed by atoms with Crippen LogP contribution in [0.5, 0.6) is 11.8 Å². The van der Waals surface area contributed by atoms with Crippen LogP contribution in [0.1, 0.15) is 33.7 Å². The molecule has 2 aliphatic rings. The van der Waals surface area contributed by atoms with Crippen LogP contribution in [0.15, 0.2) is 29.2 Å². The Labute approximate surface area is 185 Å². The fourth-order valence-electron chi connectivity index (χ4n) is 4.18. The molecule has 1 saturated heterocycles. The van der Waals surface area contributed by atoms with Gasteiger partial charge in [0, 0.05) is 37.6 Å². The highest BCUT2D eigenvalue weighted by atomic mass is 16.5. The third-order valence-corrected chi connectivity index (χ3v) is 5.86. The van der Waals surface area contributed by atoms with E-state index in [-0.39, 0.29) is 17.7 Å². The smallest absolute Gasteiger partial charge is 0.276 e. The van der Waals surface area contributed by atoms with Crippen molar-refractivity contribution in [3.05, 3.63) is 53.4 Å². The first-order chi connectivity index (χ1) is 15.6. The summed E-state index contributed by atoms with van der Waals surface area (Å²) in [6, 6.07) is 3.52. The number of likely N-dealkylation sites (tertiary alicyclic amines) is 1. The molecule has 3 aromatic heterocycles. The van der Waals surface area contributed by atoms with Crippen molar-refractivity contribution < 1.29 is 18.8 Å². The summed E-state index contributed by atoms with van der Waals surface area (Å²) in [6.45, 7) is 4.50. The van der Waals surface area contributed by atoms with Gasteiger partial charge in [0.2, 0.25) is 18.0 Å². The van der Waals surface area contributed by atoms with Crippen LogP contribution in [0.2, 0.25) is 0 Å². The van der Waals surface area contributed by atoms with Gasteiger partial charge in [-0.2, -0.15) is 0 Å². The predicted molar refractivity (Wildman–Crippen MR) is 113 cm³/mol. The Bertz CT molecular complexity index is 1120. The first-order valence-electron chi connectivity index (χ1n) is 10.5. The zero-order chi connectivity index (χ0) is 22.1. The van der Waals surface area contributed by atoms with Crippen molar-refractivity contribution in [3.63, 3.8) is 0 Å². The summed E-state index contributed by atoms with van der Waals surface area (Å²) >= 11 is 0. The van der Waals surface area contributed by atoms with E-state index in [0.717, 1.165) is 41.9 Å². The summed E-state index contributed by atoms with van der Waals surface area (Å²) in [5, 5.41) is 3.68. The summed E-state index contributed by atoms with van der Waals surface area (Å²) in [5.74, 6) is 1.02. The second-order valence-electron chi connectivity index (χ2n) is 7.91. The maximum Gasteiger partial charge on any atom is 0.276 e. The Kier molecular flexibility index (Phi) is 5.34. The summed E-state index contributed by atoms with van der Waals surface area (Å²) in [6.07, 6.45) is 7.18. The van der Waals surface area contributed by atoms with Crippen molar-refractivity contribution in [2.75, 3.05) is 31.6 Å². The molecule has 0 aromatic carbocycles. The van der Waals surface area contributed by atoms with Gasteiger partial charge in [0.25, 0.3) is 5.91 Å². The number of pyridine rings is 1. The van der Waals surface area contributed by atoms with Gasteiger partial charge in [-0.15, -0.1) is 0 Å². The molecule has 0 spiro atoms. The molecule has 2 aliphatic heterocycles. The maximum atomic E-state index is 12.5. The SMILES string of the molecule is COc1ncc(N2CCc3ncnc(OC4CCN(C(=O)c5c[c]on5)C4)c3C2)cc1C.